The molecule has 25 heavy (non-hydrogen) atoms. The van der Waals surface area contributed by atoms with Gasteiger partial charge in [0.1, 0.15) is 6.10 Å². The van der Waals surface area contributed by atoms with Gasteiger partial charge in [-0.25, -0.2) is 4.98 Å². The van der Waals surface area contributed by atoms with Crippen LogP contribution in [0.2, 0.25) is 0 Å². The Kier molecular flexibility index (Phi) is 4.22. The van der Waals surface area contributed by atoms with Crippen LogP contribution in [-0.4, -0.2) is 55.9 Å². The van der Waals surface area contributed by atoms with E-state index in [2.05, 4.69) is 20.6 Å². The van der Waals surface area contributed by atoms with Gasteiger partial charge >= 0.3 is 0 Å². The number of ether oxygens (including phenoxy) is 1. The summed E-state index contributed by atoms with van der Waals surface area (Å²) in [5.74, 6) is -0.284. The van der Waals surface area contributed by atoms with Gasteiger partial charge in [-0.3, -0.25) is 19.6 Å². The zero-order valence-corrected chi connectivity index (χ0v) is 14.6. The third-order valence-electron chi connectivity index (χ3n) is 4.29. The second kappa shape index (κ2) is 6.52. The topological polar surface area (TPSA) is 102 Å². The van der Waals surface area contributed by atoms with Crippen molar-refractivity contribution in [2.24, 2.45) is 7.05 Å². The molecule has 132 valence electrons. The van der Waals surface area contributed by atoms with Crippen molar-refractivity contribution in [1.82, 2.24) is 24.9 Å². The number of rotatable bonds is 3. The van der Waals surface area contributed by atoms with E-state index in [0.717, 1.165) is 23.4 Å². The number of carbonyl (C=O) groups excluding carboxylic acids is 2. The summed E-state index contributed by atoms with van der Waals surface area (Å²) in [4.78, 5) is 31.8. The highest BCUT2D eigenvalue weighted by atomic mass is 32.1. The van der Waals surface area contributed by atoms with Crippen molar-refractivity contribution in [3.63, 3.8) is 0 Å². The molecule has 4 rings (SSSR count). The van der Waals surface area contributed by atoms with Crippen molar-refractivity contribution in [3.8, 4) is 0 Å². The van der Waals surface area contributed by atoms with E-state index in [1.807, 2.05) is 0 Å². The van der Waals surface area contributed by atoms with E-state index < -0.39 is 0 Å². The Bertz CT molecular complexity index is 810. The van der Waals surface area contributed by atoms with E-state index in [1.165, 1.54) is 16.0 Å². The lowest BCUT2D eigenvalue weighted by Crippen LogP contribution is -2.35. The quantitative estimate of drug-likeness (QED) is 0.857. The monoisotopic (exact) mass is 362 g/mol. The molecule has 2 aliphatic rings. The fraction of sp³-hybridized carbons (Fsp3) is 0.533. The van der Waals surface area contributed by atoms with Gasteiger partial charge in [-0.15, -0.1) is 5.10 Å². The van der Waals surface area contributed by atoms with Crippen LogP contribution in [0.3, 0.4) is 0 Å². The van der Waals surface area contributed by atoms with Crippen molar-refractivity contribution in [2.45, 2.75) is 31.9 Å². The van der Waals surface area contributed by atoms with Gasteiger partial charge in [0, 0.05) is 31.5 Å². The molecule has 0 aromatic carbocycles. The first-order chi connectivity index (χ1) is 12.1. The number of fused-ring (bicyclic) bond motifs is 1. The lowest BCUT2D eigenvalue weighted by atomic mass is 10.1. The predicted octanol–water partition coefficient (Wildman–Crippen LogP) is 0.588. The Labute approximate surface area is 148 Å². The first-order valence-corrected chi connectivity index (χ1v) is 8.98. The minimum absolute atomic E-state index is 0.142. The standard InChI is InChI=1S/C15H18N6O3S/c1-20-7-10(18-19-20)14(23)21-5-4-9-12(8-21)25-15(16-9)17-13(22)11-3-2-6-24-11/h7,11H,2-6,8H2,1H3,(H,16,17,22)/t11-/m1/s1. The van der Waals surface area contributed by atoms with Crippen molar-refractivity contribution < 1.29 is 14.3 Å². The lowest BCUT2D eigenvalue weighted by Gasteiger charge is -2.25. The molecule has 0 saturated carbocycles. The highest BCUT2D eigenvalue weighted by Gasteiger charge is 2.28. The first kappa shape index (κ1) is 16.2. The summed E-state index contributed by atoms with van der Waals surface area (Å²) in [6.07, 6.45) is 3.55. The maximum Gasteiger partial charge on any atom is 0.276 e. The molecule has 0 unspecified atom stereocenters. The summed E-state index contributed by atoms with van der Waals surface area (Å²) in [6, 6.07) is 0. The molecule has 1 N–H and O–H groups in total. The van der Waals surface area contributed by atoms with E-state index >= 15 is 0 Å². The average molecular weight is 362 g/mol. The van der Waals surface area contributed by atoms with Crippen LogP contribution in [0.4, 0.5) is 5.13 Å². The largest absolute Gasteiger partial charge is 0.368 e. The SMILES string of the molecule is Cn1cc(C(=O)N2CCc3nc(NC(=O)[C@H]4CCCO4)sc3C2)nn1. The second-order valence-electron chi connectivity index (χ2n) is 6.13. The summed E-state index contributed by atoms with van der Waals surface area (Å²) in [6.45, 7) is 1.68. The molecule has 2 aromatic heterocycles. The summed E-state index contributed by atoms with van der Waals surface area (Å²) in [5, 5.41) is 11.1. The molecule has 2 amide bonds. The molecule has 1 saturated heterocycles. The number of anilines is 1. The fourth-order valence-corrected chi connectivity index (χ4v) is 4.03. The van der Waals surface area contributed by atoms with Crippen LogP contribution in [0.15, 0.2) is 6.20 Å². The molecular weight excluding hydrogens is 344 g/mol. The van der Waals surface area contributed by atoms with E-state index in [9.17, 15) is 9.59 Å². The fourth-order valence-electron chi connectivity index (χ4n) is 3.00. The van der Waals surface area contributed by atoms with Crippen LogP contribution in [0.25, 0.3) is 0 Å². The number of hydrogen-bond donors (Lipinski definition) is 1. The van der Waals surface area contributed by atoms with Crippen LogP contribution >= 0.6 is 11.3 Å². The molecule has 0 radical (unpaired) electrons. The van der Waals surface area contributed by atoms with Gasteiger partial charge in [0.05, 0.1) is 18.4 Å². The Balaban J connectivity index is 1.44. The number of carbonyl (C=O) groups is 2. The van der Waals surface area contributed by atoms with E-state index in [0.29, 0.717) is 36.9 Å². The maximum atomic E-state index is 12.5. The van der Waals surface area contributed by atoms with E-state index in [-0.39, 0.29) is 17.9 Å². The molecule has 1 atom stereocenters. The molecule has 1 fully saturated rings. The average Bonchev–Trinajstić information content (AvgIpc) is 3.33. The summed E-state index contributed by atoms with van der Waals surface area (Å²) < 4.78 is 6.89. The number of amides is 2. The molecule has 2 aliphatic heterocycles. The maximum absolute atomic E-state index is 12.5. The van der Waals surface area contributed by atoms with Gasteiger partial charge in [-0.05, 0) is 12.8 Å². The van der Waals surface area contributed by atoms with Crippen LogP contribution in [0.5, 0.6) is 0 Å². The van der Waals surface area contributed by atoms with E-state index in [4.69, 9.17) is 4.74 Å². The van der Waals surface area contributed by atoms with Crippen LogP contribution < -0.4 is 5.32 Å². The van der Waals surface area contributed by atoms with Crippen molar-refractivity contribution in [2.75, 3.05) is 18.5 Å². The molecular formula is C15H18N6O3S. The Hall–Kier alpha value is -2.33. The number of nitrogens with one attached hydrogen (secondary N) is 1. The molecule has 4 heterocycles. The summed E-state index contributed by atoms with van der Waals surface area (Å²) in [5.41, 5.74) is 1.28. The zero-order valence-electron chi connectivity index (χ0n) is 13.8. The van der Waals surface area contributed by atoms with Gasteiger partial charge in [0.15, 0.2) is 10.8 Å². The summed E-state index contributed by atoms with van der Waals surface area (Å²) >= 11 is 1.41. The molecule has 10 heteroatoms. The van der Waals surface area contributed by atoms with Crippen molar-refractivity contribution in [3.05, 3.63) is 22.5 Å². The third-order valence-corrected chi connectivity index (χ3v) is 5.29. The Morgan fingerprint density at radius 2 is 2.32 bits per heavy atom. The predicted molar refractivity (Wildman–Crippen MR) is 89.2 cm³/mol. The van der Waals surface area contributed by atoms with E-state index in [1.54, 1.807) is 18.1 Å². The number of aromatic nitrogens is 4. The summed E-state index contributed by atoms with van der Waals surface area (Å²) in [7, 11) is 1.73. The Morgan fingerprint density at radius 3 is 3.04 bits per heavy atom. The van der Waals surface area contributed by atoms with Gasteiger partial charge in [0.2, 0.25) is 0 Å². The molecule has 0 spiro atoms. The first-order valence-electron chi connectivity index (χ1n) is 8.17. The number of thiazole rings is 1. The smallest absolute Gasteiger partial charge is 0.276 e. The van der Waals surface area contributed by atoms with Gasteiger partial charge in [0.25, 0.3) is 11.8 Å². The van der Waals surface area contributed by atoms with Gasteiger partial charge in [-0.2, -0.15) is 0 Å². The third kappa shape index (κ3) is 3.27. The Morgan fingerprint density at radius 1 is 1.44 bits per heavy atom. The van der Waals surface area contributed by atoms with Crippen molar-refractivity contribution in [1.29, 1.82) is 0 Å². The minimum Gasteiger partial charge on any atom is -0.368 e. The van der Waals surface area contributed by atoms with Crippen molar-refractivity contribution >= 4 is 28.3 Å². The molecule has 2 aromatic rings. The zero-order chi connectivity index (χ0) is 17.4. The van der Waals surface area contributed by atoms with Gasteiger partial charge < -0.3 is 9.64 Å². The second-order valence-corrected chi connectivity index (χ2v) is 7.22. The highest BCUT2D eigenvalue weighted by Crippen LogP contribution is 2.29. The van der Waals surface area contributed by atoms with Crippen LogP contribution in [0.1, 0.15) is 33.9 Å². The van der Waals surface area contributed by atoms with Crippen LogP contribution in [-0.2, 0) is 29.5 Å². The van der Waals surface area contributed by atoms with Crippen LogP contribution in [0, 0.1) is 0 Å². The normalized spacial score (nSPS) is 19.7. The number of aryl methyl sites for hydroxylation is 1. The molecule has 0 aliphatic carbocycles. The number of nitrogens with zero attached hydrogens (tertiary/aromatic N) is 5. The highest BCUT2D eigenvalue weighted by molar-refractivity contribution is 7.15. The minimum atomic E-state index is -0.379. The molecule has 0 bridgehead atoms. The number of hydrogen-bond acceptors (Lipinski definition) is 7. The lowest BCUT2D eigenvalue weighted by molar-refractivity contribution is -0.124. The van der Waals surface area contributed by atoms with Gasteiger partial charge in [-0.1, -0.05) is 16.6 Å². The molecule has 9 nitrogen and oxygen atoms in total.